The van der Waals surface area contributed by atoms with Gasteiger partial charge >= 0.3 is 0 Å². The zero-order chi connectivity index (χ0) is 15.9. The number of thiophene rings is 1. The van der Waals surface area contributed by atoms with Gasteiger partial charge in [-0.3, -0.25) is 4.40 Å². The fourth-order valence-electron chi connectivity index (χ4n) is 3.52. The maximum Gasteiger partial charge on any atom is 0.160 e. The fourth-order valence-corrected chi connectivity index (χ4v) is 4.38. The first-order valence-corrected chi connectivity index (χ1v) is 9.01. The molecule has 0 N–H and O–H groups in total. The lowest BCUT2D eigenvalue weighted by Crippen LogP contribution is -2.35. The highest BCUT2D eigenvalue weighted by molar-refractivity contribution is 7.17. The second-order valence-corrected chi connectivity index (χ2v) is 7.02. The molecule has 0 radical (unpaired) electrons. The summed E-state index contributed by atoms with van der Waals surface area (Å²) in [7, 11) is 0. The molecule has 1 fully saturated rings. The maximum atomic E-state index is 4.56. The molecule has 120 valence electrons. The molecule has 5 rings (SSSR count). The van der Waals surface area contributed by atoms with Crippen molar-refractivity contribution in [3.05, 3.63) is 48.0 Å². The lowest BCUT2D eigenvalue weighted by atomic mass is 9.97. The van der Waals surface area contributed by atoms with E-state index in [-0.39, 0.29) is 0 Å². The smallest absolute Gasteiger partial charge is 0.160 e. The van der Waals surface area contributed by atoms with Gasteiger partial charge in [-0.25, -0.2) is 9.97 Å². The van der Waals surface area contributed by atoms with E-state index in [1.807, 2.05) is 24.4 Å². The maximum absolute atomic E-state index is 4.56. The number of fused-ring (bicyclic) bond motifs is 2. The van der Waals surface area contributed by atoms with Gasteiger partial charge < -0.3 is 4.90 Å². The minimum absolute atomic E-state index is 0.362. The van der Waals surface area contributed by atoms with Crippen LogP contribution in [0.5, 0.6) is 0 Å². The van der Waals surface area contributed by atoms with Gasteiger partial charge in [0.05, 0.1) is 10.2 Å². The summed E-state index contributed by atoms with van der Waals surface area (Å²) in [6.07, 6.45) is 5.97. The lowest BCUT2D eigenvalue weighted by Gasteiger charge is -2.32. The number of hydrogen-bond acceptors (Lipinski definition) is 6. The van der Waals surface area contributed by atoms with Gasteiger partial charge in [0.15, 0.2) is 5.65 Å². The number of hydrogen-bond donors (Lipinski definition) is 0. The van der Waals surface area contributed by atoms with E-state index in [9.17, 15) is 0 Å². The molecule has 24 heavy (non-hydrogen) atoms. The molecule has 1 saturated heterocycles. The van der Waals surface area contributed by atoms with E-state index in [4.69, 9.17) is 0 Å². The van der Waals surface area contributed by atoms with Crippen molar-refractivity contribution >= 4 is 33.0 Å². The second kappa shape index (κ2) is 5.52. The van der Waals surface area contributed by atoms with E-state index in [1.165, 1.54) is 4.70 Å². The molecule has 4 aromatic rings. The Hall–Kier alpha value is -2.54. The number of piperidine rings is 1. The molecule has 7 heteroatoms. The van der Waals surface area contributed by atoms with Crippen molar-refractivity contribution in [2.24, 2.45) is 0 Å². The summed E-state index contributed by atoms with van der Waals surface area (Å²) >= 11 is 1.71. The van der Waals surface area contributed by atoms with Crippen LogP contribution in [0.1, 0.15) is 24.6 Å². The molecule has 0 aliphatic carbocycles. The van der Waals surface area contributed by atoms with Crippen molar-refractivity contribution in [2.75, 3.05) is 18.0 Å². The van der Waals surface area contributed by atoms with Crippen LogP contribution in [0.2, 0.25) is 0 Å². The predicted octanol–water partition coefficient (Wildman–Crippen LogP) is 3.12. The average Bonchev–Trinajstić information content (AvgIpc) is 3.28. The van der Waals surface area contributed by atoms with Crippen molar-refractivity contribution in [1.29, 1.82) is 0 Å². The van der Waals surface area contributed by atoms with E-state index >= 15 is 0 Å². The van der Waals surface area contributed by atoms with Gasteiger partial charge in [0.2, 0.25) is 0 Å². The highest BCUT2D eigenvalue weighted by atomic mass is 32.1. The molecule has 1 atom stereocenters. The molecule has 0 aromatic carbocycles. The van der Waals surface area contributed by atoms with Crippen molar-refractivity contribution in [2.45, 2.75) is 18.8 Å². The third kappa shape index (κ3) is 2.16. The van der Waals surface area contributed by atoms with Gasteiger partial charge in [0.25, 0.3) is 0 Å². The monoisotopic (exact) mass is 336 g/mol. The van der Waals surface area contributed by atoms with Crippen molar-refractivity contribution < 1.29 is 0 Å². The SMILES string of the molecule is c1ccn2c([C@H]3CCCN(c4ncnc5ccsc45)C3)nnc2c1. The minimum atomic E-state index is 0.362. The summed E-state index contributed by atoms with van der Waals surface area (Å²) in [5.74, 6) is 2.46. The van der Waals surface area contributed by atoms with Gasteiger partial charge in [0, 0.05) is 25.2 Å². The first kappa shape index (κ1) is 13.9. The molecular formula is C17H16N6S. The normalized spacial score (nSPS) is 18.5. The zero-order valence-corrected chi connectivity index (χ0v) is 13.9. The van der Waals surface area contributed by atoms with Gasteiger partial charge in [-0.2, -0.15) is 0 Å². The van der Waals surface area contributed by atoms with Gasteiger partial charge in [-0.1, -0.05) is 6.07 Å². The summed E-state index contributed by atoms with van der Waals surface area (Å²) in [5.41, 5.74) is 1.94. The Labute approximate surface area is 142 Å². The van der Waals surface area contributed by atoms with Crippen LogP contribution in [-0.2, 0) is 0 Å². The number of rotatable bonds is 2. The van der Waals surface area contributed by atoms with Crippen molar-refractivity contribution in [3.63, 3.8) is 0 Å². The van der Waals surface area contributed by atoms with Crippen LogP contribution in [-0.4, -0.2) is 37.7 Å². The van der Waals surface area contributed by atoms with E-state index in [1.54, 1.807) is 17.7 Å². The Morgan fingerprint density at radius 2 is 2.12 bits per heavy atom. The first-order chi connectivity index (χ1) is 11.9. The Morgan fingerprint density at radius 3 is 3.12 bits per heavy atom. The number of pyridine rings is 1. The Balaban J connectivity index is 1.51. The molecular weight excluding hydrogens is 320 g/mol. The standard InChI is InChI=1S/C17H16N6S/c1-2-8-23-14(5-1)20-21-16(23)12-4-3-7-22(10-12)17-15-13(6-9-24-15)18-11-19-17/h1-2,5-6,8-9,11-12H,3-4,7,10H2/t12-/m0/s1. The van der Waals surface area contributed by atoms with E-state index in [2.05, 4.69) is 40.9 Å². The third-order valence-electron chi connectivity index (χ3n) is 4.65. The number of nitrogens with zero attached hydrogens (tertiary/aromatic N) is 6. The lowest BCUT2D eigenvalue weighted by molar-refractivity contribution is 0.486. The van der Waals surface area contributed by atoms with Crippen LogP contribution in [0, 0.1) is 0 Å². The van der Waals surface area contributed by atoms with Crippen LogP contribution in [0.25, 0.3) is 15.9 Å². The quantitative estimate of drug-likeness (QED) is 0.563. The molecule has 0 spiro atoms. The van der Waals surface area contributed by atoms with Crippen LogP contribution >= 0.6 is 11.3 Å². The average molecular weight is 336 g/mol. The third-order valence-corrected chi connectivity index (χ3v) is 5.55. The summed E-state index contributed by atoms with van der Waals surface area (Å²) < 4.78 is 3.28. The summed E-state index contributed by atoms with van der Waals surface area (Å²) in [6, 6.07) is 8.07. The molecule has 1 aliphatic rings. The topological polar surface area (TPSA) is 59.2 Å². The largest absolute Gasteiger partial charge is 0.355 e. The van der Waals surface area contributed by atoms with E-state index in [0.717, 1.165) is 48.7 Å². The van der Waals surface area contributed by atoms with Gasteiger partial charge in [-0.15, -0.1) is 21.5 Å². The van der Waals surface area contributed by atoms with Crippen LogP contribution in [0.4, 0.5) is 5.82 Å². The first-order valence-electron chi connectivity index (χ1n) is 8.13. The molecule has 0 unspecified atom stereocenters. The van der Waals surface area contributed by atoms with Crippen molar-refractivity contribution in [3.8, 4) is 0 Å². The summed E-state index contributed by atoms with van der Waals surface area (Å²) in [5, 5.41) is 10.8. The molecule has 0 saturated carbocycles. The molecule has 0 bridgehead atoms. The highest BCUT2D eigenvalue weighted by Gasteiger charge is 2.27. The van der Waals surface area contributed by atoms with Gasteiger partial charge in [-0.05, 0) is 36.4 Å². The van der Waals surface area contributed by atoms with E-state index in [0.29, 0.717) is 5.92 Å². The minimum Gasteiger partial charge on any atom is -0.355 e. The predicted molar refractivity (Wildman–Crippen MR) is 94.6 cm³/mol. The van der Waals surface area contributed by atoms with Crippen LogP contribution in [0.15, 0.2) is 42.2 Å². The molecule has 0 amide bonds. The molecule has 5 heterocycles. The molecule has 4 aromatic heterocycles. The Morgan fingerprint density at radius 1 is 1.12 bits per heavy atom. The highest BCUT2D eigenvalue weighted by Crippen LogP contribution is 2.33. The molecule has 6 nitrogen and oxygen atoms in total. The van der Waals surface area contributed by atoms with E-state index < -0.39 is 0 Å². The summed E-state index contributed by atoms with van der Waals surface area (Å²) in [6.45, 7) is 1.94. The zero-order valence-electron chi connectivity index (χ0n) is 13.0. The number of anilines is 1. The second-order valence-electron chi connectivity index (χ2n) is 6.10. The fraction of sp³-hybridized carbons (Fsp3) is 0.294. The number of aromatic nitrogens is 5. The van der Waals surface area contributed by atoms with Crippen LogP contribution < -0.4 is 4.90 Å². The molecule has 1 aliphatic heterocycles. The Bertz CT molecular complexity index is 1010. The summed E-state index contributed by atoms with van der Waals surface area (Å²) in [4.78, 5) is 11.3. The van der Waals surface area contributed by atoms with Crippen LogP contribution in [0.3, 0.4) is 0 Å². The Kier molecular flexibility index (Phi) is 3.19. The van der Waals surface area contributed by atoms with Crippen molar-refractivity contribution in [1.82, 2.24) is 24.6 Å². The van der Waals surface area contributed by atoms with Gasteiger partial charge in [0.1, 0.15) is 18.0 Å².